The van der Waals surface area contributed by atoms with Gasteiger partial charge in [-0.1, -0.05) is 0 Å². The van der Waals surface area contributed by atoms with E-state index in [2.05, 4.69) is 20.6 Å². The lowest BCUT2D eigenvalue weighted by Gasteiger charge is -2.33. The average Bonchev–Trinajstić information content (AvgIpc) is 3.09. The van der Waals surface area contributed by atoms with E-state index in [9.17, 15) is 4.79 Å². The van der Waals surface area contributed by atoms with Gasteiger partial charge in [-0.15, -0.1) is 11.3 Å². The summed E-state index contributed by atoms with van der Waals surface area (Å²) >= 11 is 1.58. The van der Waals surface area contributed by atoms with Crippen molar-refractivity contribution in [3.8, 4) is 0 Å². The summed E-state index contributed by atoms with van der Waals surface area (Å²) in [5.74, 6) is 0.0678. The number of carbonyl (C=O) groups excluding carboxylic acids is 1. The van der Waals surface area contributed by atoms with Crippen LogP contribution in [0.25, 0.3) is 0 Å². The van der Waals surface area contributed by atoms with E-state index in [1.54, 1.807) is 23.2 Å². The number of likely N-dealkylation sites (tertiary alicyclic amines) is 1. The van der Waals surface area contributed by atoms with Gasteiger partial charge in [0.15, 0.2) is 5.13 Å². The first-order valence-electron chi connectivity index (χ1n) is 8.27. The molecule has 0 unspecified atom stereocenters. The van der Waals surface area contributed by atoms with Crippen molar-refractivity contribution in [1.82, 2.24) is 15.2 Å². The molecule has 2 fully saturated rings. The van der Waals surface area contributed by atoms with Crippen molar-refractivity contribution >= 4 is 22.4 Å². The molecule has 1 aromatic heterocycles. The Morgan fingerprint density at radius 3 is 2.91 bits per heavy atom. The number of rotatable bonds is 4. The number of hydrogen-bond acceptors (Lipinski definition) is 5. The Labute approximate surface area is 136 Å². The number of piperidine rings is 1. The molecule has 0 bridgehead atoms. The molecule has 2 aliphatic rings. The molecular weight excluding hydrogens is 296 g/mol. The summed E-state index contributed by atoms with van der Waals surface area (Å²) in [5.41, 5.74) is 1.64. The van der Waals surface area contributed by atoms with E-state index in [1.807, 2.05) is 6.92 Å². The van der Waals surface area contributed by atoms with E-state index < -0.39 is 0 Å². The molecular formula is C16H26N4OS. The lowest BCUT2D eigenvalue weighted by molar-refractivity contribution is -0.116. The van der Waals surface area contributed by atoms with Crippen LogP contribution in [0, 0.1) is 5.41 Å². The molecule has 22 heavy (non-hydrogen) atoms. The van der Waals surface area contributed by atoms with Gasteiger partial charge in [-0.25, -0.2) is 4.98 Å². The molecule has 2 saturated heterocycles. The highest BCUT2D eigenvalue weighted by molar-refractivity contribution is 7.14. The molecule has 3 rings (SSSR count). The van der Waals surface area contributed by atoms with Crippen molar-refractivity contribution in [2.75, 3.05) is 37.6 Å². The Hall–Kier alpha value is -0.980. The molecule has 3 heterocycles. The Kier molecular flexibility index (Phi) is 4.80. The van der Waals surface area contributed by atoms with Gasteiger partial charge in [0.05, 0.1) is 5.69 Å². The SMILES string of the molecule is CCN(C(C)=O)c1nc(CN2CCC3(CCNCC3)C2)cs1. The second-order valence-electron chi connectivity index (χ2n) is 6.60. The maximum Gasteiger partial charge on any atom is 0.225 e. The third-order valence-corrected chi connectivity index (χ3v) is 5.95. The summed E-state index contributed by atoms with van der Waals surface area (Å²) in [4.78, 5) is 20.6. The Morgan fingerprint density at radius 1 is 1.45 bits per heavy atom. The molecule has 0 aromatic carbocycles. The number of amides is 1. The third kappa shape index (κ3) is 3.34. The van der Waals surface area contributed by atoms with Gasteiger partial charge in [-0.05, 0) is 51.2 Å². The van der Waals surface area contributed by atoms with Gasteiger partial charge < -0.3 is 5.32 Å². The zero-order valence-electron chi connectivity index (χ0n) is 13.6. The van der Waals surface area contributed by atoms with Gasteiger partial charge in [-0.3, -0.25) is 14.6 Å². The highest BCUT2D eigenvalue weighted by atomic mass is 32.1. The van der Waals surface area contributed by atoms with Crippen molar-refractivity contribution in [1.29, 1.82) is 0 Å². The molecule has 1 amide bonds. The zero-order valence-corrected chi connectivity index (χ0v) is 14.4. The smallest absolute Gasteiger partial charge is 0.225 e. The lowest BCUT2D eigenvalue weighted by atomic mass is 9.78. The highest BCUT2D eigenvalue weighted by Gasteiger charge is 2.38. The van der Waals surface area contributed by atoms with Gasteiger partial charge in [-0.2, -0.15) is 0 Å². The fourth-order valence-corrected chi connectivity index (χ4v) is 4.67. The number of anilines is 1. The van der Waals surface area contributed by atoms with Gasteiger partial charge in [0.25, 0.3) is 0 Å². The molecule has 0 radical (unpaired) electrons. The minimum atomic E-state index is 0.0678. The van der Waals surface area contributed by atoms with E-state index in [4.69, 9.17) is 0 Å². The van der Waals surface area contributed by atoms with Gasteiger partial charge in [0, 0.05) is 31.9 Å². The van der Waals surface area contributed by atoms with Crippen molar-refractivity contribution in [2.45, 2.75) is 39.7 Å². The maximum atomic E-state index is 11.6. The first-order chi connectivity index (χ1) is 10.6. The van der Waals surface area contributed by atoms with Crippen LogP contribution >= 0.6 is 11.3 Å². The van der Waals surface area contributed by atoms with Crippen LogP contribution < -0.4 is 10.2 Å². The molecule has 0 atom stereocenters. The number of aromatic nitrogens is 1. The molecule has 2 aliphatic heterocycles. The van der Waals surface area contributed by atoms with Crippen LogP contribution in [0.4, 0.5) is 5.13 Å². The molecule has 6 heteroatoms. The summed E-state index contributed by atoms with van der Waals surface area (Å²) in [7, 11) is 0. The quantitative estimate of drug-likeness (QED) is 0.922. The molecule has 1 aromatic rings. The number of hydrogen-bond donors (Lipinski definition) is 1. The predicted molar refractivity (Wildman–Crippen MR) is 90.2 cm³/mol. The second-order valence-corrected chi connectivity index (χ2v) is 7.43. The van der Waals surface area contributed by atoms with Gasteiger partial charge in [0.2, 0.25) is 5.91 Å². The average molecular weight is 322 g/mol. The summed E-state index contributed by atoms with van der Waals surface area (Å²) in [6.45, 7) is 9.90. The number of thiazole rings is 1. The number of nitrogens with zero attached hydrogens (tertiary/aromatic N) is 3. The Morgan fingerprint density at radius 2 is 2.23 bits per heavy atom. The first-order valence-corrected chi connectivity index (χ1v) is 9.15. The fourth-order valence-electron chi connectivity index (χ4n) is 3.74. The van der Waals surface area contributed by atoms with Crippen molar-refractivity contribution < 1.29 is 4.79 Å². The second kappa shape index (κ2) is 6.64. The standard InChI is InChI=1S/C16H26N4OS/c1-3-20(13(2)21)15-18-14(11-22-15)10-19-9-6-16(12-19)4-7-17-8-5-16/h11,17H,3-10,12H2,1-2H3. The zero-order chi connectivity index (χ0) is 15.6. The van der Waals surface area contributed by atoms with Crippen LogP contribution in [0.1, 0.15) is 38.8 Å². The van der Waals surface area contributed by atoms with E-state index in [-0.39, 0.29) is 5.91 Å². The first kappa shape index (κ1) is 15.9. The molecule has 0 saturated carbocycles. The molecule has 5 nitrogen and oxygen atoms in total. The molecule has 122 valence electrons. The van der Waals surface area contributed by atoms with E-state index in [0.29, 0.717) is 12.0 Å². The van der Waals surface area contributed by atoms with Crippen LogP contribution in [-0.4, -0.2) is 48.5 Å². The highest BCUT2D eigenvalue weighted by Crippen LogP contribution is 2.39. The fraction of sp³-hybridized carbons (Fsp3) is 0.750. The van der Waals surface area contributed by atoms with Crippen molar-refractivity contribution in [3.05, 3.63) is 11.1 Å². The number of nitrogens with one attached hydrogen (secondary N) is 1. The lowest BCUT2D eigenvalue weighted by Crippen LogP contribution is -2.38. The largest absolute Gasteiger partial charge is 0.317 e. The van der Waals surface area contributed by atoms with Gasteiger partial charge >= 0.3 is 0 Å². The van der Waals surface area contributed by atoms with Crippen molar-refractivity contribution in [2.24, 2.45) is 5.41 Å². The monoisotopic (exact) mass is 322 g/mol. The molecule has 1 spiro atoms. The summed E-state index contributed by atoms with van der Waals surface area (Å²) < 4.78 is 0. The summed E-state index contributed by atoms with van der Waals surface area (Å²) in [6.07, 6.45) is 3.93. The van der Waals surface area contributed by atoms with E-state index in [1.165, 1.54) is 45.4 Å². The van der Waals surface area contributed by atoms with Gasteiger partial charge in [0.1, 0.15) is 0 Å². The minimum absolute atomic E-state index is 0.0678. The summed E-state index contributed by atoms with van der Waals surface area (Å²) in [5, 5.41) is 6.41. The van der Waals surface area contributed by atoms with E-state index >= 15 is 0 Å². The Balaban J connectivity index is 1.60. The minimum Gasteiger partial charge on any atom is -0.317 e. The number of carbonyl (C=O) groups is 1. The predicted octanol–water partition coefficient (Wildman–Crippen LogP) is 2.09. The van der Waals surface area contributed by atoms with Crippen LogP contribution in [0.2, 0.25) is 0 Å². The van der Waals surface area contributed by atoms with Crippen LogP contribution in [0.15, 0.2) is 5.38 Å². The topological polar surface area (TPSA) is 48.5 Å². The molecule has 1 N–H and O–H groups in total. The Bertz CT molecular complexity index is 524. The van der Waals surface area contributed by atoms with Crippen LogP contribution in [-0.2, 0) is 11.3 Å². The van der Waals surface area contributed by atoms with Crippen molar-refractivity contribution in [3.63, 3.8) is 0 Å². The summed E-state index contributed by atoms with van der Waals surface area (Å²) in [6, 6.07) is 0. The normalized spacial score (nSPS) is 21.4. The van der Waals surface area contributed by atoms with Crippen LogP contribution in [0.3, 0.4) is 0 Å². The van der Waals surface area contributed by atoms with E-state index in [0.717, 1.165) is 17.4 Å². The molecule has 0 aliphatic carbocycles. The third-order valence-electron chi connectivity index (χ3n) is 5.03. The maximum absolute atomic E-state index is 11.6. The van der Waals surface area contributed by atoms with Crippen LogP contribution in [0.5, 0.6) is 0 Å².